The molecule has 0 aliphatic carbocycles. The molecule has 8 heteroatoms. The summed E-state index contributed by atoms with van der Waals surface area (Å²) in [5.74, 6) is 1.08. The van der Waals surface area contributed by atoms with E-state index in [9.17, 15) is 4.79 Å². The summed E-state index contributed by atoms with van der Waals surface area (Å²) in [5, 5.41) is 13.9. The Morgan fingerprint density at radius 1 is 1.13 bits per heavy atom. The van der Waals surface area contributed by atoms with Crippen LogP contribution in [0.1, 0.15) is 9.67 Å². The van der Waals surface area contributed by atoms with Gasteiger partial charge in [0.05, 0.1) is 19.1 Å². The van der Waals surface area contributed by atoms with Crippen LogP contribution in [0.5, 0.6) is 11.5 Å². The lowest BCUT2D eigenvalue weighted by Gasteiger charge is -2.07. The number of rotatable bonds is 5. The smallest absolute Gasteiger partial charge is 0.267 e. The summed E-state index contributed by atoms with van der Waals surface area (Å²) in [6.45, 7) is 0. The molecule has 0 bridgehead atoms. The highest BCUT2D eigenvalue weighted by Crippen LogP contribution is 2.34. The largest absolute Gasteiger partial charge is 0.493 e. The number of ether oxygens (including phenoxy) is 2. The van der Waals surface area contributed by atoms with E-state index in [2.05, 4.69) is 15.5 Å². The summed E-state index contributed by atoms with van der Waals surface area (Å²) in [6, 6.07) is 9.08. The molecule has 2 aromatic heterocycles. The third-order valence-corrected chi connectivity index (χ3v) is 4.78. The molecule has 23 heavy (non-hydrogen) atoms. The van der Waals surface area contributed by atoms with E-state index in [4.69, 9.17) is 9.47 Å². The maximum Gasteiger partial charge on any atom is 0.267 e. The number of hydrogen-bond acceptors (Lipinski definition) is 7. The fourth-order valence-corrected chi connectivity index (χ4v) is 3.28. The van der Waals surface area contributed by atoms with E-state index in [1.165, 1.54) is 22.7 Å². The highest BCUT2D eigenvalue weighted by molar-refractivity contribution is 7.18. The fraction of sp³-hybridized carbons (Fsp3) is 0.133. The number of methoxy groups -OCH3 is 2. The minimum Gasteiger partial charge on any atom is -0.493 e. The van der Waals surface area contributed by atoms with Crippen LogP contribution < -0.4 is 14.8 Å². The molecule has 0 saturated carbocycles. The summed E-state index contributed by atoms with van der Waals surface area (Å²) >= 11 is 2.67. The fourth-order valence-electron chi connectivity index (χ4n) is 1.93. The monoisotopic (exact) mass is 347 g/mol. The summed E-state index contributed by atoms with van der Waals surface area (Å²) in [5.41, 5.74) is 0.844. The van der Waals surface area contributed by atoms with Crippen LogP contribution in [-0.4, -0.2) is 30.3 Å². The minimum absolute atomic E-state index is 0.185. The van der Waals surface area contributed by atoms with Crippen molar-refractivity contribution in [1.29, 1.82) is 0 Å². The van der Waals surface area contributed by atoms with Crippen LogP contribution in [0.2, 0.25) is 0 Å². The number of benzene rings is 1. The lowest BCUT2D eigenvalue weighted by molar-refractivity contribution is 0.103. The molecule has 1 N–H and O–H groups in total. The predicted octanol–water partition coefficient (Wildman–Crippen LogP) is 3.54. The van der Waals surface area contributed by atoms with E-state index < -0.39 is 0 Å². The Labute approximate surface area is 140 Å². The van der Waals surface area contributed by atoms with Gasteiger partial charge in [-0.15, -0.1) is 21.5 Å². The molecular weight excluding hydrogens is 334 g/mol. The van der Waals surface area contributed by atoms with Gasteiger partial charge in [0.25, 0.3) is 5.91 Å². The Bertz CT molecular complexity index is 815. The number of aromatic nitrogens is 2. The first kappa shape index (κ1) is 15.4. The van der Waals surface area contributed by atoms with Gasteiger partial charge in [-0.2, -0.15) is 0 Å². The molecule has 0 saturated heterocycles. The first-order chi connectivity index (χ1) is 11.2. The maximum absolute atomic E-state index is 12.0. The van der Waals surface area contributed by atoms with E-state index in [1.807, 2.05) is 23.6 Å². The molecule has 0 atom stereocenters. The zero-order valence-electron chi connectivity index (χ0n) is 12.4. The second kappa shape index (κ2) is 6.76. The molecule has 0 aliphatic rings. The molecule has 6 nitrogen and oxygen atoms in total. The zero-order valence-corrected chi connectivity index (χ0v) is 14.0. The molecule has 1 aromatic carbocycles. The van der Waals surface area contributed by atoms with Crippen molar-refractivity contribution >= 4 is 33.7 Å². The molecule has 2 heterocycles. The molecule has 3 rings (SSSR count). The molecule has 0 aliphatic heterocycles. The highest BCUT2D eigenvalue weighted by Gasteiger charge is 2.13. The van der Waals surface area contributed by atoms with Crippen molar-refractivity contribution in [1.82, 2.24) is 10.2 Å². The molecule has 1 amide bonds. The lowest BCUT2D eigenvalue weighted by atomic mass is 10.2. The molecule has 118 valence electrons. The Balaban J connectivity index is 1.80. The number of thiophene rings is 1. The van der Waals surface area contributed by atoms with Crippen LogP contribution in [0.25, 0.3) is 10.6 Å². The van der Waals surface area contributed by atoms with Gasteiger partial charge in [-0.25, -0.2) is 0 Å². The average Bonchev–Trinajstić information content (AvgIpc) is 3.25. The Morgan fingerprint density at radius 2 is 1.96 bits per heavy atom. The van der Waals surface area contributed by atoms with Gasteiger partial charge in [-0.3, -0.25) is 10.1 Å². The van der Waals surface area contributed by atoms with Gasteiger partial charge in [0, 0.05) is 5.56 Å². The van der Waals surface area contributed by atoms with Crippen LogP contribution in [0.4, 0.5) is 5.13 Å². The van der Waals surface area contributed by atoms with E-state index in [1.54, 1.807) is 26.4 Å². The average molecular weight is 347 g/mol. The highest BCUT2D eigenvalue weighted by atomic mass is 32.1. The lowest BCUT2D eigenvalue weighted by Crippen LogP contribution is -2.09. The van der Waals surface area contributed by atoms with Crippen LogP contribution in [-0.2, 0) is 0 Å². The van der Waals surface area contributed by atoms with E-state index in [0.29, 0.717) is 26.5 Å². The van der Waals surface area contributed by atoms with E-state index >= 15 is 0 Å². The summed E-state index contributed by atoms with van der Waals surface area (Å²) < 4.78 is 10.5. The van der Waals surface area contributed by atoms with Gasteiger partial charge < -0.3 is 9.47 Å². The van der Waals surface area contributed by atoms with Crippen molar-refractivity contribution in [2.45, 2.75) is 0 Å². The topological polar surface area (TPSA) is 73.3 Å². The summed E-state index contributed by atoms with van der Waals surface area (Å²) in [6.07, 6.45) is 0. The van der Waals surface area contributed by atoms with E-state index in [0.717, 1.165) is 5.56 Å². The number of hydrogen-bond donors (Lipinski definition) is 1. The summed E-state index contributed by atoms with van der Waals surface area (Å²) in [7, 11) is 3.16. The third-order valence-electron chi connectivity index (χ3n) is 3.02. The van der Waals surface area contributed by atoms with Crippen molar-refractivity contribution in [3.05, 3.63) is 40.6 Å². The first-order valence-electron chi connectivity index (χ1n) is 6.62. The van der Waals surface area contributed by atoms with E-state index in [-0.39, 0.29) is 5.91 Å². The predicted molar refractivity (Wildman–Crippen MR) is 90.7 cm³/mol. The summed E-state index contributed by atoms with van der Waals surface area (Å²) in [4.78, 5) is 12.6. The Hall–Kier alpha value is -2.45. The quantitative estimate of drug-likeness (QED) is 0.764. The standard InChI is InChI=1S/C15H13N3O3S2/c1-20-10-6-5-9(8-11(10)21-2)14-17-18-15(23-14)16-13(19)12-4-3-7-22-12/h3-8H,1-2H3,(H,16,18,19). The second-order valence-corrected chi connectivity index (χ2v) is 6.34. The SMILES string of the molecule is COc1ccc(-c2nnc(NC(=O)c3cccs3)s2)cc1OC. The number of carbonyl (C=O) groups is 1. The van der Waals surface area contributed by atoms with Gasteiger partial charge in [0.15, 0.2) is 11.5 Å². The Morgan fingerprint density at radius 3 is 2.65 bits per heavy atom. The molecule has 0 fully saturated rings. The van der Waals surface area contributed by atoms with Gasteiger partial charge in [-0.05, 0) is 29.6 Å². The molecule has 0 spiro atoms. The van der Waals surface area contributed by atoms with Crippen LogP contribution in [0, 0.1) is 0 Å². The van der Waals surface area contributed by atoms with Crippen molar-refractivity contribution in [2.75, 3.05) is 19.5 Å². The van der Waals surface area contributed by atoms with Gasteiger partial charge >= 0.3 is 0 Å². The minimum atomic E-state index is -0.185. The van der Waals surface area contributed by atoms with Crippen LogP contribution in [0.15, 0.2) is 35.7 Å². The van der Waals surface area contributed by atoms with Crippen LogP contribution >= 0.6 is 22.7 Å². The van der Waals surface area contributed by atoms with Crippen LogP contribution in [0.3, 0.4) is 0 Å². The number of nitrogens with one attached hydrogen (secondary N) is 1. The van der Waals surface area contributed by atoms with Gasteiger partial charge in [-0.1, -0.05) is 17.4 Å². The van der Waals surface area contributed by atoms with Crippen molar-refractivity contribution in [2.24, 2.45) is 0 Å². The first-order valence-corrected chi connectivity index (χ1v) is 8.31. The molecule has 0 unspecified atom stereocenters. The second-order valence-electron chi connectivity index (χ2n) is 4.41. The maximum atomic E-state index is 12.0. The molecular formula is C15H13N3O3S2. The zero-order chi connectivity index (χ0) is 16.2. The van der Waals surface area contributed by atoms with Gasteiger partial charge in [0.2, 0.25) is 5.13 Å². The van der Waals surface area contributed by atoms with Crippen molar-refractivity contribution in [3.8, 4) is 22.1 Å². The number of nitrogens with zero attached hydrogens (tertiary/aromatic N) is 2. The van der Waals surface area contributed by atoms with Gasteiger partial charge in [0.1, 0.15) is 5.01 Å². The number of anilines is 1. The normalized spacial score (nSPS) is 10.3. The number of amides is 1. The Kier molecular flexibility index (Phi) is 4.54. The molecule has 0 radical (unpaired) electrons. The number of carbonyl (C=O) groups excluding carboxylic acids is 1. The molecule has 3 aromatic rings. The van der Waals surface area contributed by atoms with Crippen molar-refractivity contribution in [3.63, 3.8) is 0 Å². The third kappa shape index (κ3) is 3.33. The van der Waals surface area contributed by atoms with Crippen molar-refractivity contribution < 1.29 is 14.3 Å².